The van der Waals surface area contributed by atoms with E-state index in [1.54, 1.807) is 12.3 Å². The summed E-state index contributed by atoms with van der Waals surface area (Å²) >= 11 is 0. The highest BCUT2D eigenvalue weighted by Crippen LogP contribution is 2.15. The third-order valence-corrected chi connectivity index (χ3v) is 4.85. The van der Waals surface area contributed by atoms with Gasteiger partial charge in [-0.1, -0.05) is 20.8 Å². The zero-order chi connectivity index (χ0) is 15.9. The Labute approximate surface area is 129 Å². The second-order valence-electron chi connectivity index (χ2n) is 5.67. The lowest BCUT2D eigenvalue weighted by Gasteiger charge is -2.06. The summed E-state index contributed by atoms with van der Waals surface area (Å²) in [6.07, 6.45) is 3.62. The first kappa shape index (κ1) is 18.2. The maximum atomic E-state index is 12.3. The first-order valence-electron chi connectivity index (χ1n) is 7.80. The van der Waals surface area contributed by atoms with E-state index in [1.165, 1.54) is 0 Å². The molecule has 21 heavy (non-hydrogen) atoms. The van der Waals surface area contributed by atoms with Gasteiger partial charge in [-0.05, 0) is 38.3 Å². The molecule has 0 unspecified atom stereocenters. The van der Waals surface area contributed by atoms with Crippen LogP contribution in [0.4, 0.5) is 0 Å². The van der Waals surface area contributed by atoms with Crippen molar-refractivity contribution < 1.29 is 8.42 Å². The fourth-order valence-corrected chi connectivity index (χ4v) is 3.30. The Kier molecular flexibility index (Phi) is 7.42. The molecule has 1 heterocycles. The Morgan fingerprint density at radius 3 is 2.57 bits per heavy atom. The van der Waals surface area contributed by atoms with Crippen molar-refractivity contribution in [3.8, 4) is 0 Å². The van der Waals surface area contributed by atoms with Gasteiger partial charge >= 0.3 is 0 Å². The number of aryl methyl sites for hydroxylation is 1. The third-order valence-electron chi connectivity index (χ3n) is 3.42. The Morgan fingerprint density at radius 2 is 2.00 bits per heavy atom. The largest absolute Gasteiger partial charge is 0.349 e. The monoisotopic (exact) mass is 315 g/mol. The number of aromatic nitrogens is 1. The van der Waals surface area contributed by atoms with Crippen molar-refractivity contribution in [2.45, 2.75) is 58.5 Å². The summed E-state index contributed by atoms with van der Waals surface area (Å²) in [4.78, 5) is 0.363. The molecule has 2 N–H and O–H groups in total. The minimum absolute atomic E-state index is 0.363. The lowest BCUT2D eigenvalue weighted by Crippen LogP contribution is -2.24. The second kappa shape index (κ2) is 8.56. The molecule has 0 aliphatic heterocycles. The van der Waals surface area contributed by atoms with Crippen LogP contribution in [0.2, 0.25) is 0 Å². The van der Waals surface area contributed by atoms with Gasteiger partial charge in [0.25, 0.3) is 0 Å². The molecule has 0 saturated heterocycles. The molecule has 1 aromatic rings. The van der Waals surface area contributed by atoms with E-state index >= 15 is 0 Å². The normalized spacial score (nSPS) is 12.2. The first-order chi connectivity index (χ1) is 9.90. The molecule has 0 aliphatic carbocycles. The molecule has 5 nitrogen and oxygen atoms in total. The summed E-state index contributed by atoms with van der Waals surface area (Å²) < 4.78 is 29.2. The topological polar surface area (TPSA) is 63.1 Å². The number of hydrogen-bond acceptors (Lipinski definition) is 3. The van der Waals surface area contributed by atoms with Gasteiger partial charge in [-0.25, -0.2) is 13.1 Å². The minimum atomic E-state index is -3.39. The van der Waals surface area contributed by atoms with Crippen LogP contribution < -0.4 is 10.0 Å². The van der Waals surface area contributed by atoms with E-state index in [4.69, 9.17) is 0 Å². The van der Waals surface area contributed by atoms with Crippen LogP contribution in [0.1, 0.15) is 46.2 Å². The highest BCUT2D eigenvalue weighted by atomic mass is 32.2. The van der Waals surface area contributed by atoms with Crippen molar-refractivity contribution in [3.63, 3.8) is 0 Å². The van der Waals surface area contributed by atoms with E-state index in [0.29, 0.717) is 23.9 Å². The smallest absolute Gasteiger partial charge is 0.242 e. The molecule has 0 amide bonds. The average Bonchev–Trinajstić information content (AvgIpc) is 2.85. The third kappa shape index (κ3) is 5.80. The van der Waals surface area contributed by atoms with Gasteiger partial charge in [-0.15, -0.1) is 0 Å². The fraction of sp³-hybridized carbons (Fsp3) is 0.733. The van der Waals surface area contributed by atoms with Crippen LogP contribution in [0.15, 0.2) is 17.2 Å². The maximum absolute atomic E-state index is 12.3. The number of nitrogens with one attached hydrogen (secondary N) is 2. The zero-order valence-corrected chi connectivity index (χ0v) is 14.5. The Hall–Kier alpha value is -0.850. The van der Waals surface area contributed by atoms with E-state index < -0.39 is 10.0 Å². The van der Waals surface area contributed by atoms with E-state index in [-0.39, 0.29) is 0 Å². The molecule has 0 aromatic carbocycles. The molecule has 6 heteroatoms. The molecular weight excluding hydrogens is 286 g/mol. The Bertz CT molecular complexity index is 521. The predicted molar refractivity (Wildman–Crippen MR) is 86.7 cm³/mol. The molecular formula is C15H29N3O2S. The van der Waals surface area contributed by atoms with Gasteiger partial charge in [0.05, 0.1) is 4.90 Å². The van der Waals surface area contributed by atoms with Crippen molar-refractivity contribution in [3.05, 3.63) is 18.0 Å². The van der Waals surface area contributed by atoms with Crippen LogP contribution in [0.3, 0.4) is 0 Å². The van der Waals surface area contributed by atoms with Crippen molar-refractivity contribution in [1.82, 2.24) is 14.6 Å². The van der Waals surface area contributed by atoms with Gasteiger partial charge in [0.2, 0.25) is 10.0 Å². The molecule has 0 aliphatic rings. The molecule has 122 valence electrons. The van der Waals surface area contributed by atoms with Gasteiger partial charge in [0.1, 0.15) is 0 Å². The average molecular weight is 315 g/mol. The van der Waals surface area contributed by atoms with Crippen molar-refractivity contribution in [1.29, 1.82) is 0 Å². The van der Waals surface area contributed by atoms with Crippen LogP contribution in [-0.4, -0.2) is 26.1 Å². The van der Waals surface area contributed by atoms with Gasteiger partial charge in [-0.3, -0.25) is 0 Å². The first-order valence-corrected chi connectivity index (χ1v) is 9.28. The standard InChI is InChI=1S/C15H29N3O2S/c1-5-16-11-14-10-15(12-18(14)6-2)21(19,20)17-9-7-8-13(3)4/h10,12-13,16-17H,5-9,11H2,1-4H3. The van der Waals surface area contributed by atoms with Gasteiger partial charge in [0.15, 0.2) is 0 Å². The molecule has 0 bridgehead atoms. The van der Waals surface area contributed by atoms with Gasteiger partial charge < -0.3 is 9.88 Å². The minimum Gasteiger partial charge on any atom is -0.349 e. The summed E-state index contributed by atoms with van der Waals surface area (Å²) in [5.74, 6) is 0.599. The fourth-order valence-electron chi connectivity index (χ4n) is 2.17. The highest BCUT2D eigenvalue weighted by molar-refractivity contribution is 7.89. The van der Waals surface area contributed by atoms with E-state index in [1.807, 2.05) is 18.4 Å². The lowest BCUT2D eigenvalue weighted by atomic mass is 10.1. The predicted octanol–water partition coefficient (Wildman–Crippen LogP) is 2.33. The quantitative estimate of drug-likeness (QED) is 0.651. The van der Waals surface area contributed by atoms with Crippen molar-refractivity contribution in [2.24, 2.45) is 5.92 Å². The Balaban J connectivity index is 2.71. The van der Waals surface area contributed by atoms with Crippen LogP contribution in [0.5, 0.6) is 0 Å². The van der Waals surface area contributed by atoms with E-state index in [9.17, 15) is 8.42 Å². The molecule has 0 spiro atoms. The van der Waals surface area contributed by atoms with E-state index in [2.05, 4.69) is 23.9 Å². The summed E-state index contributed by atoms with van der Waals surface area (Å²) in [6, 6.07) is 1.76. The van der Waals surface area contributed by atoms with Gasteiger partial charge in [0, 0.05) is 31.5 Å². The number of rotatable bonds is 10. The van der Waals surface area contributed by atoms with Crippen molar-refractivity contribution in [2.75, 3.05) is 13.1 Å². The zero-order valence-electron chi connectivity index (χ0n) is 13.6. The van der Waals surface area contributed by atoms with Crippen LogP contribution >= 0.6 is 0 Å². The summed E-state index contributed by atoms with van der Waals surface area (Å²) in [6.45, 7) is 11.2. The SMILES string of the molecule is CCNCc1cc(S(=O)(=O)NCCCC(C)C)cn1CC. The number of sulfonamides is 1. The maximum Gasteiger partial charge on any atom is 0.242 e. The van der Waals surface area contributed by atoms with Gasteiger partial charge in [-0.2, -0.15) is 0 Å². The molecule has 1 rings (SSSR count). The number of nitrogens with zero attached hydrogens (tertiary/aromatic N) is 1. The van der Waals surface area contributed by atoms with Crippen LogP contribution in [-0.2, 0) is 23.1 Å². The van der Waals surface area contributed by atoms with Crippen LogP contribution in [0, 0.1) is 5.92 Å². The van der Waals surface area contributed by atoms with Crippen LogP contribution in [0.25, 0.3) is 0 Å². The molecule has 1 aromatic heterocycles. The second-order valence-corrected chi connectivity index (χ2v) is 7.43. The molecule has 0 radical (unpaired) electrons. The summed E-state index contributed by atoms with van der Waals surface area (Å²) in [7, 11) is -3.39. The molecule has 0 saturated carbocycles. The molecule has 0 atom stereocenters. The highest BCUT2D eigenvalue weighted by Gasteiger charge is 2.17. The van der Waals surface area contributed by atoms with E-state index in [0.717, 1.165) is 31.6 Å². The number of hydrogen-bond donors (Lipinski definition) is 2. The molecule has 0 fully saturated rings. The van der Waals surface area contributed by atoms with Crippen molar-refractivity contribution >= 4 is 10.0 Å². The Morgan fingerprint density at radius 1 is 1.29 bits per heavy atom. The lowest BCUT2D eigenvalue weighted by molar-refractivity contribution is 0.540. The summed E-state index contributed by atoms with van der Waals surface area (Å²) in [5.41, 5.74) is 1.00. The summed E-state index contributed by atoms with van der Waals surface area (Å²) in [5, 5.41) is 3.23.